The summed E-state index contributed by atoms with van der Waals surface area (Å²) >= 11 is 0. The fraction of sp³-hybridized carbons (Fsp3) is 0.643. The Kier molecular flexibility index (Phi) is 3.57. The molecular weight excluding hydrogens is 244 g/mol. The Morgan fingerprint density at radius 2 is 2.26 bits per heavy atom. The van der Waals surface area contributed by atoms with Crippen molar-refractivity contribution in [1.82, 2.24) is 4.57 Å². The first-order chi connectivity index (χ1) is 9.24. The van der Waals surface area contributed by atoms with E-state index >= 15 is 0 Å². The highest BCUT2D eigenvalue weighted by atomic mass is 16.5. The number of nitrogen functional groups attached to an aromatic ring is 1. The fourth-order valence-electron chi connectivity index (χ4n) is 2.53. The Morgan fingerprint density at radius 3 is 2.89 bits per heavy atom. The average molecular weight is 264 g/mol. The number of hydrogen-bond donors (Lipinski definition) is 1. The molecule has 0 spiro atoms. The molecule has 1 saturated heterocycles. The van der Waals surface area contributed by atoms with Crippen molar-refractivity contribution in [3.05, 3.63) is 28.2 Å². The number of ether oxygens (including phenoxy) is 2. The second-order valence-corrected chi connectivity index (χ2v) is 5.40. The van der Waals surface area contributed by atoms with Crippen LogP contribution in [0.4, 0.5) is 5.69 Å². The van der Waals surface area contributed by atoms with Gasteiger partial charge in [0.05, 0.1) is 31.0 Å². The van der Waals surface area contributed by atoms with E-state index in [9.17, 15) is 4.79 Å². The van der Waals surface area contributed by atoms with E-state index in [1.807, 2.05) is 6.20 Å². The van der Waals surface area contributed by atoms with Crippen LogP contribution in [-0.4, -0.2) is 23.9 Å². The van der Waals surface area contributed by atoms with Crippen molar-refractivity contribution in [2.45, 2.75) is 44.4 Å². The molecule has 1 unspecified atom stereocenters. The summed E-state index contributed by atoms with van der Waals surface area (Å²) in [6.07, 6.45) is 6.67. The topological polar surface area (TPSA) is 66.5 Å². The van der Waals surface area contributed by atoms with Gasteiger partial charge in [-0.1, -0.05) is 0 Å². The minimum absolute atomic E-state index is 0.110. The summed E-state index contributed by atoms with van der Waals surface area (Å²) in [5.74, 6) is 0. The van der Waals surface area contributed by atoms with Crippen LogP contribution >= 0.6 is 0 Å². The van der Waals surface area contributed by atoms with Gasteiger partial charge in [-0.3, -0.25) is 4.79 Å². The molecule has 1 atom stereocenters. The van der Waals surface area contributed by atoms with Crippen LogP contribution in [0.15, 0.2) is 17.1 Å². The van der Waals surface area contributed by atoms with Crippen LogP contribution in [0.3, 0.4) is 0 Å². The number of hydrogen-bond acceptors (Lipinski definition) is 4. The number of rotatable bonds is 4. The van der Waals surface area contributed by atoms with Gasteiger partial charge in [0, 0.05) is 12.8 Å². The molecule has 0 bridgehead atoms. The minimum Gasteiger partial charge on any atom is -0.394 e. The zero-order valence-electron chi connectivity index (χ0n) is 11.0. The largest absolute Gasteiger partial charge is 0.394 e. The molecule has 2 N–H and O–H groups in total. The van der Waals surface area contributed by atoms with Crippen LogP contribution in [0.5, 0.6) is 0 Å². The lowest BCUT2D eigenvalue weighted by Gasteiger charge is -2.25. The molecule has 2 heterocycles. The van der Waals surface area contributed by atoms with Gasteiger partial charge >= 0.3 is 0 Å². The molecule has 1 saturated carbocycles. The molecule has 19 heavy (non-hydrogen) atoms. The van der Waals surface area contributed by atoms with Crippen LogP contribution in [0.1, 0.15) is 37.3 Å². The summed E-state index contributed by atoms with van der Waals surface area (Å²) in [7, 11) is 0. The zero-order chi connectivity index (χ0) is 13.2. The zero-order valence-corrected chi connectivity index (χ0v) is 11.0. The van der Waals surface area contributed by atoms with E-state index in [1.165, 1.54) is 6.42 Å². The third kappa shape index (κ3) is 2.67. The van der Waals surface area contributed by atoms with Crippen molar-refractivity contribution in [2.75, 3.05) is 18.9 Å². The third-order valence-electron chi connectivity index (χ3n) is 3.96. The summed E-state index contributed by atoms with van der Waals surface area (Å²) in [5, 5.41) is 0. The maximum atomic E-state index is 12.1. The quantitative estimate of drug-likeness (QED) is 0.894. The van der Waals surface area contributed by atoms with E-state index in [-0.39, 0.29) is 11.6 Å². The summed E-state index contributed by atoms with van der Waals surface area (Å²) in [4.78, 5) is 12.1. The molecule has 5 heteroatoms. The first-order valence-electron chi connectivity index (χ1n) is 6.94. The highest BCUT2D eigenvalue weighted by molar-refractivity contribution is 5.38. The van der Waals surface area contributed by atoms with Crippen LogP contribution < -0.4 is 11.3 Å². The van der Waals surface area contributed by atoms with Crippen molar-refractivity contribution in [1.29, 1.82) is 0 Å². The maximum absolute atomic E-state index is 12.1. The molecule has 1 aliphatic carbocycles. The number of anilines is 1. The first kappa shape index (κ1) is 12.7. The van der Waals surface area contributed by atoms with E-state index in [4.69, 9.17) is 15.2 Å². The van der Waals surface area contributed by atoms with Gasteiger partial charge in [0.15, 0.2) is 0 Å². The molecule has 0 radical (unpaired) electrons. The maximum Gasteiger partial charge on any atom is 0.274 e. The molecular formula is C14H20N2O3. The third-order valence-corrected chi connectivity index (χ3v) is 3.96. The number of nitrogens with two attached hydrogens (primary N) is 1. The number of aromatic nitrogens is 1. The van der Waals surface area contributed by atoms with Crippen LogP contribution in [0.2, 0.25) is 0 Å². The normalized spacial score (nSPS) is 23.5. The van der Waals surface area contributed by atoms with Gasteiger partial charge < -0.3 is 19.8 Å². The minimum atomic E-state index is -0.122. The van der Waals surface area contributed by atoms with E-state index in [1.54, 1.807) is 10.6 Å². The number of pyridine rings is 1. The summed E-state index contributed by atoms with van der Waals surface area (Å²) in [6, 6.07) is 1.84. The van der Waals surface area contributed by atoms with Crippen LogP contribution in [-0.2, 0) is 16.1 Å². The van der Waals surface area contributed by atoms with Gasteiger partial charge in [0.25, 0.3) is 5.56 Å². The van der Waals surface area contributed by atoms with Gasteiger partial charge in [-0.2, -0.15) is 0 Å². The predicted octanol–water partition coefficient (Wildman–Crippen LogP) is 1.46. The predicted molar refractivity (Wildman–Crippen MR) is 72.0 cm³/mol. The van der Waals surface area contributed by atoms with Gasteiger partial charge in [-0.25, -0.2) is 0 Å². The molecule has 1 aromatic heterocycles. The van der Waals surface area contributed by atoms with E-state index in [0.717, 1.165) is 24.8 Å². The molecule has 1 aromatic rings. The lowest BCUT2D eigenvalue weighted by molar-refractivity contribution is -0.00890. The molecule has 0 aromatic carbocycles. The molecule has 104 valence electrons. The average Bonchev–Trinajstić information content (AvgIpc) is 2.85. The van der Waals surface area contributed by atoms with E-state index < -0.39 is 0 Å². The van der Waals surface area contributed by atoms with Gasteiger partial charge in [-0.05, 0) is 37.3 Å². The van der Waals surface area contributed by atoms with Crippen molar-refractivity contribution in [3.63, 3.8) is 0 Å². The van der Waals surface area contributed by atoms with Crippen molar-refractivity contribution in [2.24, 2.45) is 0 Å². The van der Waals surface area contributed by atoms with Crippen molar-refractivity contribution >= 4 is 5.69 Å². The van der Waals surface area contributed by atoms with Gasteiger partial charge in [0.2, 0.25) is 0 Å². The Morgan fingerprint density at radius 1 is 1.42 bits per heavy atom. The van der Waals surface area contributed by atoms with E-state index in [2.05, 4.69) is 0 Å². The SMILES string of the molecule is Nc1cc(COC2CCC2)cn(C2CCOC2)c1=O. The first-order valence-corrected chi connectivity index (χ1v) is 6.94. The number of nitrogens with zero attached hydrogens (tertiary/aromatic N) is 1. The van der Waals surface area contributed by atoms with Crippen LogP contribution in [0, 0.1) is 0 Å². The van der Waals surface area contributed by atoms with Crippen molar-refractivity contribution < 1.29 is 9.47 Å². The molecule has 0 amide bonds. The van der Waals surface area contributed by atoms with Crippen LogP contribution in [0.25, 0.3) is 0 Å². The lowest BCUT2D eigenvalue weighted by atomic mass is 9.96. The Bertz CT molecular complexity index is 502. The highest BCUT2D eigenvalue weighted by Gasteiger charge is 2.21. The second-order valence-electron chi connectivity index (χ2n) is 5.40. The second kappa shape index (κ2) is 5.35. The Balaban J connectivity index is 1.77. The Hall–Kier alpha value is -1.33. The standard InChI is InChI=1S/C14H20N2O3/c15-13-6-10(8-19-12-2-1-3-12)7-16(14(13)17)11-4-5-18-9-11/h6-7,11-12H,1-5,8-9,15H2. The Labute approximate surface area is 112 Å². The smallest absolute Gasteiger partial charge is 0.274 e. The molecule has 1 aliphatic heterocycles. The van der Waals surface area contributed by atoms with E-state index in [0.29, 0.717) is 31.6 Å². The summed E-state index contributed by atoms with van der Waals surface area (Å²) in [5.41, 5.74) is 6.95. The highest BCUT2D eigenvalue weighted by Crippen LogP contribution is 2.24. The fourth-order valence-corrected chi connectivity index (χ4v) is 2.53. The van der Waals surface area contributed by atoms with Gasteiger partial charge in [-0.15, -0.1) is 0 Å². The van der Waals surface area contributed by atoms with Crippen molar-refractivity contribution in [3.8, 4) is 0 Å². The van der Waals surface area contributed by atoms with Gasteiger partial charge in [0.1, 0.15) is 0 Å². The summed E-state index contributed by atoms with van der Waals surface area (Å²) in [6.45, 7) is 1.83. The molecule has 2 fully saturated rings. The molecule has 2 aliphatic rings. The summed E-state index contributed by atoms with van der Waals surface area (Å²) < 4.78 is 12.8. The molecule has 5 nitrogen and oxygen atoms in total. The molecule has 3 rings (SSSR count). The monoisotopic (exact) mass is 264 g/mol. The lowest BCUT2D eigenvalue weighted by Crippen LogP contribution is -2.28.